The molecule has 1 aromatic rings. The second-order valence-corrected chi connectivity index (χ2v) is 6.13. The molecule has 0 spiro atoms. The summed E-state index contributed by atoms with van der Waals surface area (Å²) in [7, 11) is -1.27. The van der Waals surface area contributed by atoms with Gasteiger partial charge in [0, 0.05) is 6.54 Å². The van der Waals surface area contributed by atoms with Gasteiger partial charge < -0.3 is 5.32 Å². The Morgan fingerprint density at radius 3 is 2.38 bits per heavy atom. The molecule has 16 heavy (non-hydrogen) atoms. The van der Waals surface area contributed by atoms with E-state index in [9.17, 15) is 8.42 Å². The number of rotatable bonds is 6. The van der Waals surface area contributed by atoms with Crippen molar-refractivity contribution in [2.24, 2.45) is 0 Å². The summed E-state index contributed by atoms with van der Waals surface area (Å²) >= 11 is 0. The molecular formula is C12H19NO2S. The Morgan fingerprint density at radius 2 is 1.88 bits per heavy atom. The van der Waals surface area contributed by atoms with Crippen molar-refractivity contribution in [1.29, 1.82) is 0 Å². The second-order valence-electron chi connectivity index (χ2n) is 3.82. The molecule has 1 unspecified atom stereocenters. The molecule has 0 saturated heterocycles. The van der Waals surface area contributed by atoms with Crippen LogP contribution in [-0.2, 0) is 9.84 Å². The topological polar surface area (TPSA) is 46.2 Å². The van der Waals surface area contributed by atoms with Gasteiger partial charge in [0.1, 0.15) is 0 Å². The van der Waals surface area contributed by atoms with Crippen molar-refractivity contribution >= 4 is 9.84 Å². The van der Waals surface area contributed by atoms with Gasteiger partial charge in [-0.3, -0.25) is 0 Å². The average molecular weight is 241 g/mol. The predicted molar refractivity (Wildman–Crippen MR) is 67.2 cm³/mol. The maximum absolute atomic E-state index is 12.1. The number of likely N-dealkylation sites (N-methyl/N-ethyl adjacent to an activating group) is 1. The Labute approximate surface area is 97.8 Å². The third-order valence-electron chi connectivity index (χ3n) is 2.48. The Hall–Kier alpha value is -0.870. The molecule has 1 rings (SSSR count). The first kappa shape index (κ1) is 13.2. The molecule has 0 saturated carbocycles. The van der Waals surface area contributed by atoms with Crippen LogP contribution >= 0.6 is 0 Å². The molecule has 0 aliphatic heterocycles. The smallest absolute Gasteiger partial charge is 0.158 e. The molecule has 0 fully saturated rings. The summed E-state index contributed by atoms with van der Waals surface area (Å²) in [6, 6.07) is 9.38. The zero-order valence-electron chi connectivity index (χ0n) is 9.81. The molecule has 0 bridgehead atoms. The predicted octanol–water partition coefficient (Wildman–Crippen LogP) is 1.77. The highest BCUT2D eigenvalue weighted by Crippen LogP contribution is 2.22. The quantitative estimate of drug-likeness (QED) is 0.825. The summed E-state index contributed by atoms with van der Waals surface area (Å²) in [5, 5.41) is 2.52. The molecule has 0 heterocycles. The van der Waals surface area contributed by atoms with Gasteiger partial charge in [-0.15, -0.1) is 0 Å². The van der Waals surface area contributed by atoms with Crippen molar-refractivity contribution in [3.63, 3.8) is 0 Å². The fourth-order valence-electron chi connectivity index (χ4n) is 1.73. The van der Waals surface area contributed by atoms with Gasteiger partial charge in [0.2, 0.25) is 0 Å². The molecule has 0 aliphatic rings. The number of nitrogens with one attached hydrogen (secondary N) is 1. The van der Waals surface area contributed by atoms with E-state index in [4.69, 9.17) is 0 Å². The number of hydrogen-bond acceptors (Lipinski definition) is 3. The molecule has 0 radical (unpaired) electrons. The SMILES string of the molecule is CCCS(=O)(=O)C(CNC)c1ccccc1. The second kappa shape index (κ2) is 6.01. The van der Waals surface area contributed by atoms with E-state index in [2.05, 4.69) is 5.32 Å². The molecule has 4 heteroatoms. The average Bonchev–Trinajstić information content (AvgIpc) is 2.27. The van der Waals surface area contributed by atoms with Gasteiger partial charge in [-0.25, -0.2) is 8.42 Å². The first-order valence-electron chi connectivity index (χ1n) is 5.53. The van der Waals surface area contributed by atoms with Gasteiger partial charge in [-0.05, 0) is 19.0 Å². The zero-order valence-corrected chi connectivity index (χ0v) is 10.6. The summed E-state index contributed by atoms with van der Waals surface area (Å²) in [5.74, 6) is 0.244. The Bertz CT molecular complexity index is 400. The standard InChI is InChI=1S/C12H19NO2S/c1-3-9-16(14,15)12(10-13-2)11-7-5-4-6-8-11/h4-8,12-13H,3,9-10H2,1-2H3. The van der Waals surface area contributed by atoms with E-state index < -0.39 is 15.1 Å². The normalized spacial score (nSPS) is 13.6. The van der Waals surface area contributed by atoms with E-state index in [-0.39, 0.29) is 5.75 Å². The third kappa shape index (κ3) is 3.32. The van der Waals surface area contributed by atoms with Gasteiger partial charge in [0.25, 0.3) is 0 Å². The van der Waals surface area contributed by atoms with Crippen LogP contribution in [0.2, 0.25) is 0 Å². The maximum Gasteiger partial charge on any atom is 0.158 e. The van der Waals surface area contributed by atoms with Gasteiger partial charge in [-0.1, -0.05) is 37.3 Å². The summed E-state index contributed by atoms with van der Waals surface area (Å²) in [6.07, 6.45) is 0.662. The van der Waals surface area contributed by atoms with Gasteiger partial charge in [0.15, 0.2) is 9.84 Å². The molecule has 1 N–H and O–H groups in total. The summed E-state index contributed by atoms with van der Waals surface area (Å²) in [4.78, 5) is 0. The van der Waals surface area contributed by atoms with E-state index in [1.807, 2.05) is 37.3 Å². The fourth-order valence-corrected chi connectivity index (χ4v) is 3.58. The van der Waals surface area contributed by atoms with Gasteiger partial charge in [-0.2, -0.15) is 0 Å². The molecule has 90 valence electrons. The van der Waals surface area contributed by atoms with Crippen LogP contribution in [-0.4, -0.2) is 27.8 Å². The number of sulfone groups is 1. The molecule has 1 aromatic carbocycles. The lowest BCUT2D eigenvalue weighted by Gasteiger charge is -2.17. The van der Waals surface area contributed by atoms with Crippen LogP contribution in [0.4, 0.5) is 0 Å². The van der Waals surface area contributed by atoms with Crippen molar-refractivity contribution < 1.29 is 8.42 Å². The van der Waals surface area contributed by atoms with Crippen LogP contribution in [0.25, 0.3) is 0 Å². The lowest BCUT2D eigenvalue weighted by Crippen LogP contribution is -2.26. The van der Waals surface area contributed by atoms with Crippen LogP contribution in [0.5, 0.6) is 0 Å². The van der Waals surface area contributed by atoms with E-state index in [1.54, 1.807) is 7.05 Å². The van der Waals surface area contributed by atoms with E-state index in [0.717, 1.165) is 5.56 Å². The van der Waals surface area contributed by atoms with Crippen molar-refractivity contribution in [2.75, 3.05) is 19.3 Å². The van der Waals surface area contributed by atoms with Crippen LogP contribution in [0.15, 0.2) is 30.3 Å². The minimum atomic E-state index is -3.05. The van der Waals surface area contributed by atoms with Crippen LogP contribution < -0.4 is 5.32 Å². The van der Waals surface area contributed by atoms with Crippen LogP contribution in [0.3, 0.4) is 0 Å². The molecule has 0 amide bonds. The van der Waals surface area contributed by atoms with Crippen molar-refractivity contribution in [2.45, 2.75) is 18.6 Å². The van der Waals surface area contributed by atoms with E-state index in [1.165, 1.54) is 0 Å². The third-order valence-corrected chi connectivity index (χ3v) is 4.77. The molecule has 0 aromatic heterocycles. The molecule has 0 aliphatic carbocycles. The number of hydrogen-bond donors (Lipinski definition) is 1. The minimum Gasteiger partial charge on any atom is -0.318 e. The Kier molecular flexibility index (Phi) is 4.96. The first-order chi connectivity index (χ1) is 7.61. The molecule has 3 nitrogen and oxygen atoms in total. The highest BCUT2D eigenvalue weighted by molar-refractivity contribution is 7.91. The monoisotopic (exact) mass is 241 g/mol. The van der Waals surface area contributed by atoms with Crippen molar-refractivity contribution in [1.82, 2.24) is 5.32 Å². The Morgan fingerprint density at radius 1 is 1.25 bits per heavy atom. The Balaban J connectivity index is 3.00. The maximum atomic E-state index is 12.1. The molecule has 1 atom stereocenters. The fraction of sp³-hybridized carbons (Fsp3) is 0.500. The van der Waals surface area contributed by atoms with E-state index in [0.29, 0.717) is 13.0 Å². The molecular weight excluding hydrogens is 222 g/mol. The highest BCUT2D eigenvalue weighted by Gasteiger charge is 2.25. The lowest BCUT2D eigenvalue weighted by molar-refractivity contribution is 0.575. The minimum absolute atomic E-state index is 0.244. The van der Waals surface area contributed by atoms with E-state index >= 15 is 0 Å². The van der Waals surface area contributed by atoms with Crippen LogP contribution in [0, 0.1) is 0 Å². The zero-order chi connectivity index (χ0) is 12.0. The van der Waals surface area contributed by atoms with Gasteiger partial charge in [0.05, 0.1) is 11.0 Å². The summed E-state index contributed by atoms with van der Waals surface area (Å²) in [5.41, 5.74) is 0.866. The first-order valence-corrected chi connectivity index (χ1v) is 7.24. The number of benzene rings is 1. The summed E-state index contributed by atoms with van der Waals surface area (Å²) < 4.78 is 24.2. The van der Waals surface area contributed by atoms with Gasteiger partial charge >= 0.3 is 0 Å². The van der Waals surface area contributed by atoms with Crippen molar-refractivity contribution in [3.05, 3.63) is 35.9 Å². The highest BCUT2D eigenvalue weighted by atomic mass is 32.2. The van der Waals surface area contributed by atoms with Crippen molar-refractivity contribution in [3.8, 4) is 0 Å². The van der Waals surface area contributed by atoms with Crippen LogP contribution in [0.1, 0.15) is 24.2 Å². The summed E-state index contributed by atoms with van der Waals surface area (Å²) in [6.45, 7) is 2.35. The lowest BCUT2D eigenvalue weighted by atomic mass is 10.1. The largest absolute Gasteiger partial charge is 0.318 e.